The number of nitrogens with one attached hydrogen (secondary N) is 1. The normalized spacial score (nSPS) is 13.6. The molecule has 1 aliphatic rings. The largest absolute Gasteiger partial charge is 0.469 e. The topological polar surface area (TPSA) is 86.5 Å². The van der Waals surface area contributed by atoms with Gasteiger partial charge in [0.05, 0.1) is 26.7 Å². The molecule has 1 saturated carbocycles. The van der Waals surface area contributed by atoms with Crippen LogP contribution in [0, 0.1) is 0 Å². The number of ether oxygens (including phenoxy) is 2. The van der Waals surface area contributed by atoms with E-state index in [4.69, 9.17) is 9.15 Å². The van der Waals surface area contributed by atoms with Gasteiger partial charge >= 0.3 is 12.0 Å². The van der Waals surface area contributed by atoms with Crippen LogP contribution >= 0.6 is 0 Å². The van der Waals surface area contributed by atoms with E-state index >= 15 is 0 Å². The maximum Gasteiger partial charge on any atom is 0.320 e. The van der Waals surface area contributed by atoms with Crippen molar-refractivity contribution >= 4 is 17.7 Å². The lowest BCUT2D eigenvalue weighted by Crippen LogP contribution is -2.08. The van der Waals surface area contributed by atoms with E-state index in [1.54, 1.807) is 0 Å². The number of carbonyl (C=O) groups is 1. The zero-order chi connectivity index (χ0) is 21.5. The molecule has 0 unspecified atom stereocenters. The zero-order valence-electron chi connectivity index (χ0n) is 17.7. The van der Waals surface area contributed by atoms with Crippen LogP contribution in [0.25, 0.3) is 11.1 Å². The van der Waals surface area contributed by atoms with E-state index < -0.39 is 0 Å². The average molecular weight is 421 g/mol. The summed E-state index contributed by atoms with van der Waals surface area (Å²) in [6.07, 6.45) is 4.60. The molecule has 0 saturated heterocycles. The van der Waals surface area contributed by atoms with Crippen molar-refractivity contribution in [3.8, 4) is 11.1 Å². The van der Waals surface area contributed by atoms with Crippen LogP contribution in [-0.4, -0.2) is 36.5 Å². The lowest BCUT2D eigenvalue weighted by atomic mass is 9.85. The fourth-order valence-corrected chi connectivity index (χ4v) is 3.39. The van der Waals surface area contributed by atoms with Crippen LogP contribution in [0.15, 0.2) is 52.9 Å². The second kappa shape index (κ2) is 10.2. The number of methoxy groups -OCH3 is 1. The smallest absolute Gasteiger partial charge is 0.320 e. The first-order valence-corrected chi connectivity index (χ1v) is 10.7. The minimum atomic E-state index is -0.249. The van der Waals surface area contributed by atoms with Crippen LogP contribution < -0.4 is 5.32 Å². The van der Waals surface area contributed by atoms with Crippen molar-refractivity contribution < 1.29 is 18.7 Å². The number of benzene rings is 2. The molecule has 0 spiro atoms. The molecule has 162 valence electrons. The Morgan fingerprint density at radius 1 is 1.03 bits per heavy atom. The van der Waals surface area contributed by atoms with Gasteiger partial charge in [0.2, 0.25) is 5.89 Å². The van der Waals surface area contributed by atoms with Gasteiger partial charge in [0.1, 0.15) is 0 Å². The van der Waals surface area contributed by atoms with Gasteiger partial charge in [-0.05, 0) is 48.1 Å². The third-order valence-electron chi connectivity index (χ3n) is 5.53. The molecule has 1 aromatic heterocycles. The summed E-state index contributed by atoms with van der Waals surface area (Å²) in [7, 11) is 1.38. The van der Waals surface area contributed by atoms with E-state index in [1.165, 1.54) is 19.1 Å². The summed E-state index contributed by atoms with van der Waals surface area (Å²) < 4.78 is 15.8. The van der Waals surface area contributed by atoms with Crippen molar-refractivity contribution in [3.63, 3.8) is 0 Å². The standard InChI is InChI=1S/C24H27N3O4/c1-29-22(28)14-16-30-15-13-17-5-7-18(8-6-17)19-9-11-21(12-10-19)25-24-27-26-23(31-24)20-3-2-4-20/h5-12,20H,2-4,13-16H2,1H3,(H,25,27). The predicted molar refractivity (Wildman–Crippen MR) is 117 cm³/mol. The third-order valence-corrected chi connectivity index (χ3v) is 5.53. The van der Waals surface area contributed by atoms with Gasteiger partial charge in [-0.2, -0.15) is 0 Å². The number of rotatable bonds is 10. The highest BCUT2D eigenvalue weighted by molar-refractivity contribution is 5.69. The lowest BCUT2D eigenvalue weighted by Gasteiger charge is -2.20. The summed E-state index contributed by atoms with van der Waals surface area (Å²) in [5.74, 6) is 0.917. The Bertz CT molecular complexity index is 979. The number of nitrogens with zero attached hydrogens (tertiary/aromatic N) is 2. The van der Waals surface area contributed by atoms with Gasteiger partial charge in [0.15, 0.2) is 0 Å². The monoisotopic (exact) mass is 421 g/mol. The number of carbonyl (C=O) groups excluding carboxylic acids is 1. The summed E-state index contributed by atoms with van der Waals surface area (Å²) in [5.41, 5.74) is 4.38. The van der Waals surface area contributed by atoms with E-state index in [0.29, 0.717) is 25.1 Å². The van der Waals surface area contributed by atoms with E-state index in [1.807, 2.05) is 12.1 Å². The molecule has 1 aliphatic carbocycles. The molecule has 0 aliphatic heterocycles. The highest BCUT2D eigenvalue weighted by Gasteiger charge is 2.25. The molecule has 1 fully saturated rings. The molecule has 3 aromatic rings. The molecule has 1 N–H and O–H groups in total. The summed E-state index contributed by atoms with van der Waals surface area (Å²) in [4.78, 5) is 11.1. The Labute approximate surface area is 181 Å². The minimum absolute atomic E-state index is 0.249. The number of anilines is 2. The lowest BCUT2D eigenvalue weighted by molar-refractivity contribution is -0.141. The first-order chi connectivity index (χ1) is 15.2. The molecule has 0 amide bonds. The molecule has 4 rings (SSSR count). The van der Waals surface area contributed by atoms with Crippen LogP contribution in [-0.2, 0) is 20.7 Å². The fraction of sp³-hybridized carbons (Fsp3) is 0.375. The van der Waals surface area contributed by atoms with Crippen molar-refractivity contribution in [1.29, 1.82) is 0 Å². The summed E-state index contributed by atoms with van der Waals surface area (Å²) >= 11 is 0. The molecule has 0 bridgehead atoms. The molecule has 2 aromatic carbocycles. The first kappa shape index (κ1) is 21.1. The van der Waals surface area contributed by atoms with E-state index in [0.717, 1.165) is 42.0 Å². The van der Waals surface area contributed by atoms with Gasteiger partial charge in [0.25, 0.3) is 0 Å². The van der Waals surface area contributed by atoms with Crippen LogP contribution in [0.3, 0.4) is 0 Å². The van der Waals surface area contributed by atoms with Gasteiger partial charge in [-0.25, -0.2) is 0 Å². The molecule has 1 heterocycles. The van der Waals surface area contributed by atoms with E-state index in [2.05, 4.69) is 56.6 Å². The highest BCUT2D eigenvalue weighted by atomic mass is 16.5. The van der Waals surface area contributed by atoms with Gasteiger partial charge < -0.3 is 19.2 Å². The van der Waals surface area contributed by atoms with Crippen molar-refractivity contribution in [2.45, 2.75) is 38.0 Å². The number of hydrogen-bond donors (Lipinski definition) is 1. The molecule has 0 atom stereocenters. The molecule has 7 nitrogen and oxygen atoms in total. The molecular weight excluding hydrogens is 394 g/mol. The predicted octanol–water partition coefficient (Wildman–Crippen LogP) is 4.87. The fourth-order valence-electron chi connectivity index (χ4n) is 3.39. The highest BCUT2D eigenvalue weighted by Crippen LogP contribution is 2.36. The Morgan fingerprint density at radius 2 is 1.74 bits per heavy atom. The zero-order valence-corrected chi connectivity index (χ0v) is 17.7. The summed E-state index contributed by atoms with van der Waals surface area (Å²) in [6, 6.07) is 17.0. The Hall–Kier alpha value is -3.19. The Balaban J connectivity index is 1.26. The SMILES string of the molecule is COC(=O)CCOCCc1ccc(-c2ccc(Nc3nnc(C4CCC4)o3)cc2)cc1. The quantitative estimate of drug-likeness (QED) is 0.369. The third kappa shape index (κ3) is 5.70. The number of esters is 1. The van der Waals surface area contributed by atoms with Gasteiger partial charge in [0, 0.05) is 11.6 Å². The second-order valence-corrected chi connectivity index (χ2v) is 7.66. The van der Waals surface area contributed by atoms with Crippen LogP contribution in [0.5, 0.6) is 0 Å². The molecule has 7 heteroatoms. The van der Waals surface area contributed by atoms with Gasteiger partial charge in [-0.15, -0.1) is 5.10 Å². The Kier molecular flexibility index (Phi) is 6.94. The molecule has 0 radical (unpaired) electrons. The van der Waals surface area contributed by atoms with Crippen LogP contribution in [0.2, 0.25) is 0 Å². The van der Waals surface area contributed by atoms with Crippen molar-refractivity contribution in [3.05, 3.63) is 60.0 Å². The van der Waals surface area contributed by atoms with Crippen molar-refractivity contribution in [2.75, 3.05) is 25.6 Å². The maximum absolute atomic E-state index is 11.1. The average Bonchev–Trinajstić information content (AvgIpc) is 3.20. The summed E-state index contributed by atoms with van der Waals surface area (Å²) in [5, 5.41) is 11.4. The number of hydrogen-bond acceptors (Lipinski definition) is 7. The Morgan fingerprint density at radius 3 is 2.39 bits per heavy atom. The van der Waals surface area contributed by atoms with Crippen molar-refractivity contribution in [2.24, 2.45) is 0 Å². The molecular formula is C24H27N3O4. The number of aromatic nitrogens is 2. The van der Waals surface area contributed by atoms with Crippen LogP contribution in [0.1, 0.15) is 43.1 Å². The minimum Gasteiger partial charge on any atom is -0.469 e. The maximum atomic E-state index is 11.1. The van der Waals surface area contributed by atoms with Gasteiger partial charge in [-0.1, -0.05) is 47.9 Å². The van der Waals surface area contributed by atoms with Gasteiger partial charge in [-0.3, -0.25) is 4.79 Å². The second-order valence-electron chi connectivity index (χ2n) is 7.66. The first-order valence-electron chi connectivity index (χ1n) is 10.7. The van der Waals surface area contributed by atoms with Crippen LogP contribution in [0.4, 0.5) is 11.7 Å². The van der Waals surface area contributed by atoms with E-state index in [-0.39, 0.29) is 12.4 Å². The van der Waals surface area contributed by atoms with E-state index in [9.17, 15) is 4.79 Å². The summed E-state index contributed by atoms with van der Waals surface area (Å²) in [6.45, 7) is 0.964. The van der Waals surface area contributed by atoms with Crippen molar-refractivity contribution in [1.82, 2.24) is 10.2 Å². The molecule has 31 heavy (non-hydrogen) atoms.